The molecule has 1 aromatic carbocycles. The number of aliphatic hydroxyl groups is 1. The van der Waals surface area contributed by atoms with Crippen molar-refractivity contribution >= 4 is 17.5 Å². The molecule has 0 saturated carbocycles. The Morgan fingerprint density at radius 2 is 2.29 bits per heavy atom. The van der Waals surface area contributed by atoms with Crippen LogP contribution >= 0.6 is 11.6 Å². The Kier molecular flexibility index (Phi) is 3.85. The van der Waals surface area contributed by atoms with E-state index in [0.717, 1.165) is 0 Å². The van der Waals surface area contributed by atoms with Gasteiger partial charge in [0.25, 0.3) is 0 Å². The monoisotopic (exact) mass is 217 g/mol. The van der Waals surface area contributed by atoms with Gasteiger partial charge in [-0.2, -0.15) is 0 Å². The van der Waals surface area contributed by atoms with Crippen molar-refractivity contribution in [1.29, 1.82) is 0 Å². The highest BCUT2D eigenvalue weighted by atomic mass is 35.5. The van der Waals surface area contributed by atoms with Crippen molar-refractivity contribution in [1.82, 2.24) is 5.32 Å². The fourth-order valence-electron chi connectivity index (χ4n) is 0.928. The van der Waals surface area contributed by atoms with Crippen LogP contribution in [-0.4, -0.2) is 17.6 Å². The summed E-state index contributed by atoms with van der Waals surface area (Å²) >= 11 is 5.64. The molecule has 0 radical (unpaired) electrons. The van der Waals surface area contributed by atoms with E-state index in [-0.39, 0.29) is 6.54 Å². The van der Waals surface area contributed by atoms with Gasteiger partial charge in [0.1, 0.15) is 12.4 Å². The van der Waals surface area contributed by atoms with Gasteiger partial charge in [0.2, 0.25) is 5.91 Å². The van der Waals surface area contributed by atoms with Gasteiger partial charge in [-0.05, 0) is 18.2 Å². The molecule has 0 atom stereocenters. The van der Waals surface area contributed by atoms with Crippen LogP contribution < -0.4 is 5.32 Å². The first-order valence-corrected chi connectivity index (χ1v) is 4.32. The summed E-state index contributed by atoms with van der Waals surface area (Å²) in [6.45, 7) is -0.589. The number of rotatable bonds is 3. The molecule has 76 valence electrons. The summed E-state index contributed by atoms with van der Waals surface area (Å²) in [5.74, 6) is -0.989. The Morgan fingerprint density at radius 1 is 1.57 bits per heavy atom. The summed E-state index contributed by atoms with van der Waals surface area (Å²) in [5, 5.41) is 11.1. The lowest BCUT2D eigenvalue weighted by Crippen LogP contribution is -2.25. The largest absolute Gasteiger partial charge is 0.387 e. The van der Waals surface area contributed by atoms with Crippen molar-refractivity contribution in [3.8, 4) is 0 Å². The quantitative estimate of drug-likeness (QED) is 0.796. The van der Waals surface area contributed by atoms with Gasteiger partial charge in [0, 0.05) is 17.1 Å². The van der Waals surface area contributed by atoms with Crippen LogP contribution in [0.25, 0.3) is 0 Å². The zero-order valence-electron chi connectivity index (χ0n) is 7.26. The summed E-state index contributed by atoms with van der Waals surface area (Å²) in [5.41, 5.74) is 0.291. The van der Waals surface area contributed by atoms with E-state index < -0.39 is 18.3 Å². The van der Waals surface area contributed by atoms with Gasteiger partial charge in [-0.15, -0.1) is 0 Å². The highest BCUT2D eigenvalue weighted by Crippen LogP contribution is 2.14. The second kappa shape index (κ2) is 4.93. The molecule has 0 spiro atoms. The summed E-state index contributed by atoms with van der Waals surface area (Å²) in [7, 11) is 0. The molecular weight excluding hydrogens is 209 g/mol. The van der Waals surface area contributed by atoms with Crippen molar-refractivity contribution in [2.45, 2.75) is 6.54 Å². The third kappa shape index (κ3) is 2.97. The summed E-state index contributed by atoms with van der Waals surface area (Å²) in [6.07, 6.45) is 0. The topological polar surface area (TPSA) is 49.3 Å². The molecule has 0 bridgehead atoms. The third-order valence-corrected chi connectivity index (χ3v) is 1.86. The van der Waals surface area contributed by atoms with E-state index in [1.54, 1.807) is 0 Å². The van der Waals surface area contributed by atoms with E-state index in [4.69, 9.17) is 16.7 Å². The normalized spacial score (nSPS) is 9.93. The molecule has 0 aliphatic heterocycles. The number of nitrogens with one attached hydrogen (secondary N) is 1. The number of benzene rings is 1. The summed E-state index contributed by atoms with van der Waals surface area (Å²) < 4.78 is 13.1. The van der Waals surface area contributed by atoms with Crippen molar-refractivity contribution in [2.24, 2.45) is 0 Å². The molecule has 2 N–H and O–H groups in total. The van der Waals surface area contributed by atoms with Crippen LogP contribution in [0.5, 0.6) is 0 Å². The van der Waals surface area contributed by atoms with E-state index in [1.165, 1.54) is 18.2 Å². The lowest BCUT2D eigenvalue weighted by Gasteiger charge is -2.04. The van der Waals surface area contributed by atoms with Crippen LogP contribution in [0.3, 0.4) is 0 Å². The zero-order chi connectivity index (χ0) is 10.6. The number of aliphatic hydroxyl groups excluding tert-OH is 1. The van der Waals surface area contributed by atoms with Crippen LogP contribution in [0.2, 0.25) is 5.02 Å². The summed E-state index contributed by atoms with van der Waals surface area (Å²) in [4.78, 5) is 10.7. The van der Waals surface area contributed by atoms with Crippen molar-refractivity contribution in [2.75, 3.05) is 6.61 Å². The Bertz CT molecular complexity index is 344. The molecule has 0 aliphatic carbocycles. The maximum atomic E-state index is 13.1. The van der Waals surface area contributed by atoms with Gasteiger partial charge in [0.05, 0.1) is 0 Å². The molecule has 14 heavy (non-hydrogen) atoms. The smallest absolute Gasteiger partial charge is 0.245 e. The van der Waals surface area contributed by atoms with E-state index in [1.807, 2.05) is 0 Å². The van der Waals surface area contributed by atoms with Gasteiger partial charge in [0.15, 0.2) is 0 Å². The van der Waals surface area contributed by atoms with E-state index >= 15 is 0 Å². The van der Waals surface area contributed by atoms with Crippen LogP contribution in [0.4, 0.5) is 4.39 Å². The third-order valence-electron chi connectivity index (χ3n) is 1.63. The van der Waals surface area contributed by atoms with E-state index in [2.05, 4.69) is 5.32 Å². The number of hydrogen-bond acceptors (Lipinski definition) is 2. The Hall–Kier alpha value is -1.13. The molecule has 0 heterocycles. The highest BCUT2D eigenvalue weighted by molar-refractivity contribution is 6.30. The predicted octanol–water partition coefficient (Wildman–Crippen LogP) is 1.09. The fraction of sp³-hybridized carbons (Fsp3) is 0.222. The van der Waals surface area contributed by atoms with Gasteiger partial charge in [-0.3, -0.25) is 4.79 Å². The standard InChI is InChI=1S/C9H9ClFNO2/c10-7-1-2-8(11)6(3-7)4-12-9(14)5-13/h1-3,13H,4-5H2,(H,12,14). The van der Waals surface area contributed by atoms with Crippen molar-refractivity contribution in [3.05, 3.63) is 34.6 Å². The van der Waals surface area contributed by atoms with Crippen LogP contribution in [0, 0.1) is 5.82 Å². The predicted molar refractivity (Wildman–Crippen MR) is 50.3 cm³/mol. The fourth-order valence-corrected chi connectivity index (χ4v) is 1.12. The molecule has 0 unspecified atom stereocenters. The molecule has 0 fully saturated rings. The number of carbonyl (C=O) groups is 1. The zero-order valence-corrected chi connectivity index (χ0v) is 8.01. The lowest BCUT2D eigenvalue weighted by molar-refractivity contribution is -0.123. The second-order valence-corrected chi connectivity index (χ2v) is 3.11. The maximum absolute atomic E-state index is 13.1. The van der Waals surface area contributed by atoms with Crippen LogP contribution in [-0.2, 0) is 11.3 Å². The molecule has 0 saturated heterocycles. The van der Waals surface area contributed by atoms with Gasteiger partial charge in [-0.25, -0.2) is 4.39 Å². The van der Waals surface area contributed by atoms with Crippen LogP contribution in [0.15, 0.2) is 18.2 Å². The molecule has 0 aliphatic rings. The van der Waals surface area contributed by atoms with Crippen molar-refractivity contribution < 1.29 is 14.3 Å². The summed E-state index contributed by atoms with van der Waals surface area (Å²) in [6, 6.07) is 4.07. The molecule has 5 heteroatoms. The maximum Gasteiger partial charge on any atom is 0.245 e. The molecule has 1 rings (SSSR count). The van der Waals surface area contributed by atoms with Gasteiger partial charge in [-0.1, -0.05) is 11.6 Å². The minimum atomic E-state index is -0.609. The average Bonchev–Trinajstić information content (AvgIpc) is 2.19. The molecule has 1 aromatic rings. The van der Waals surface area contributed by atoms with Gasteiger partial charge >= 0.3 is 0 Å². The number of halogens is 2. The average molecular weight is 218 g/mol. The number of hydrogen-bond donors (Lipinski definition) is 2. The minimum absolute atomic E-state index is 0.0196. The highest BCUT2D eigenvalue weighted by Gasteiger charge is 2.04. The first-order valence-electron chi connectivity index (χ1n) is 3.95. The first kappa shape index (κ1) is 10.9. The molecule has 0 aromatic heterocycles. The first-order chi connectivity index (χ1) is 6.63. The molecular formula is C9H9ClFNO2. The minimum Gasteiger partial charge on any atom is -0.387 e. The number of amides is 1. The SMILES string of the molecule is O=C(CO)NCc1cc(Cl)ccc1F. The Labute approximate surface area is 85.5 Å². The molecule has 3 nitrogen and oxygen atoms in total. The second-order valence-electron chi connectivity index (χ2n) is 2.67. The van der Waals surface area contributed by atoms with E-state index in [9.17, 15) is 9.18 Å². The lowest BCUT2D eigenvalue weighted by atomic mass is 10.2. The number of carbonyl (C=O) groups excluding carboxylic acids is 1. The van der Waals surface area contributed by atoms with Crippen LogP contribution in [0.1, 0.15) is 5.56 Å². The Morgan fingerprint density at radius 3 is 2.93 bits per heavy atom. The van der Waals surface area contributed by atoms with Crippen molar-refractivity contribution in [3.63, 3.8) is 0 Å². The van der Waals surface area contributed by atoms with E-state index in [0.29, 0.717) is 10.6 Å². The van der Waals surface area contributed by atoms with Gasteiger partial charge < -0.3 is 10.4 Å². The Balaban J connectivity index is 2.66. The molecule has 1 amide bonds.